The van der Waals surface area contributed by atoms with Crippen LogP contribution < -0.4 is 10.6 Å². The van der Waals surface area contributed by atoms with Gasteiger partial charge in [0, 0.05) is 19.2 Å². The number of nitrogen functional groups attached to an aromatic ring is 1. The molecule has 6 heteroatoms. The van der Waals surface area contributed by atoms with E-state index in [1.165, 1.54) is 0 Å². The lowest BCUT2D eigenvalue weighted by Crippen LogP contribution is -2.36. The first-order valence-corrected chi connectivity index (χ1v) is 4.86. The van der Waals surface area contributed by atoms with Crippen molar-refractivity contribution >= 4 is 23.9 Å². The topological polar surface area (TPSA) is 67.2 Å². The Morgan fingerprint density at radius 1 is 1.50 bits per heavy atom. The fourth-order valence-corrected chi connectivity index (χ4v) is 1.63. The van der Waals surface area contributed by atoms with Crippen molar-refractivity contribution in [2.45, 2.75) is 0 Å². The maximum Gasteiger partial charge on any atom is 0.200 e. The number of H-pyrrole nitrogens is 1. The first kappa shape index (κ1) is 9.42. The molecule has 0 bridgehead atoms. The Morgan fingerprint density at radius 2 is 2.21 bits per heavy atom. The molecule has 0 unspecified atom stereocenters. The largest absolute Gasteiger partial charge is 0.385 e. The molecule has 2 heterocycles. The number of aromatic nitrogens is 2. The van der Waals surface area contributed by atoms with Crippen molar-refractivity contribution in [2.75, 3.05) is 36.9 Å². The molecule has 14 heavy (non-hydrogen) atoms. The van der Waals surface area contributed by atoms with Crippen molar-refractivity contribution in [3.05, 3.63) is 10.8 Å². The van der Waals surface area contributed by atoms with Crippen LogP contribution in [0.3, 0.4) is 0 Å². The average Bonchev–Trinajstić information content (AvgIpc) is 2.18. The van der Waals surface area contributed by atoms with Gasteiger partial charge in [-0.1, -0.05) is 0 Å². The summed E-state index contributed by atoms with van der Waals surface area (Å²) in [5.74, 6) is 1.38. The summed E-state index contributed by atoms with van der Waals surface area (Å²) in [6, 6.07) is 1.79. The molecular formula is C8H12N4OS. The molecule has 3 N–H and O–H groups in total. The summed E-state index contributed by atoms with van der Waals surface area (Å²) in [6.45, 7) is 3.14. The second kappa shape index (κ2) is 3.93. The normalized spacial score (nSPS) is 17.0. The summed E-state index contributed by atoms with van der Waals surface area (Å²) >= 11 is 4.95. The van der Waals surface area contributed by atoms with Gasteiger partial charge in [-0.2, -0.15) is 0 Å². The molecule has 1 aromatic rings. The lowest BCUT2D eigenvalue weighted by molar-refractivity contribution is 0.122. The average molecular weight is 212 g/mol. The van der Waals surface area contributed by atoms with E-state index < -0.39 is 0 Å². The van der Waals surface area contributed by atoms with Gasteiger partial charge in [0.25, 0.3) is 0 Å². The molecule has 1 aliphatic heterocycles. The van der Waals surface area contributed by atoms with Gasteiger partial charge in [-0.05, 0) is 12.2 Å². The minimum atomic E-state index is 0.423. The van der Waals surface area contributed by atoms with Gasteiger partial charge in [-0.25, -0.2) is 4.98 Å². The first-order chi connectivity index (χ1) is 6.75. The Hall–Kier alpha value is -1.14. The predicted molar refractivity (Wildman–Crippen MR) is 56.9 cm³/mol. The zero-order valence-electron chi connectivity index (χ0n) is 7.69. The Labute approximate surface area is 86.9 Å². The van der Waals surface area contributed by atoms with E-state index in [-0.39, 0.29) is 0 Å². The summed E-state index contributed by atoms with van der Waals surface area (Å²) in [4.78, 5) is 9.10. The van der Waals surface area contributed by atoms with E-state index in [1.54, 1.807) is 6.07 Å². The Kier molecular flexibility index (Phi) is 2.64. The standard InChI is InChI=1S/C8H12N4OS/c9-6-5-7(11-8(14)10-6)12-1-3-13-4-2-12/h5H,1-4H2,(H3,9,10,11,14). The Morgan fingerprint density at radius 3 is 2.86 bits per heavy atom. The van der Waals surface area contributed by atoms with E-state index >= 15 is 0 Å². The van der Waals surface area contributed by atoms with Gasteiger partial charge in [-0.3, -0.25) is 0 Å². The molecule has 1 aliphatic rings. The number of morpholine rings is 1. The fourth-order valence-electron chi connectivity index (χ4n) is 1.42. The summed E-state index contributed by atoms with van der Waals surface area (Å²) in [5, 5.41) is 0. The quantitative estimate of drug-likeness (QED) is 0.666. The van der Waals surface area contributed by atoms with E-state index in [2.05, 4.69) is 14.9 Å². The second-order valence-electron chi connectivity index (χ2n) is 3.10. The molecule has 5 nitrogen and oxygen atoms in total. The lowest BCUT2D eigenvalue weighted by Gasteiger charge is -2.27. The highest BCUT2D eigenvalue weighted by atomic mass is 32.1. The molecule has 0 saturated carbocycles. The molecule has 0 atom stereocenters. The molecule has 0 radical (unpaired) electrons. The summed E-state index contributed by atoms with van der Waals surface area (Å²) in [5.41, 5.74) is 5.65. The maximum absolute atomic E-state index is 5.65. The molecule has 2 rings (SSSR count). The Balaban J connectivity index is 2.26. The SMILES string of the molecule is Nc1cc(N2CCOCC2)nc(=S)[nH]1. The van der Waals surface area contributed by atoms with Crippen molar-refractivity contribution in [3.8, 4) is 0 Å². The molecule has 1 fully saturated rings. The lowest BCUT2D eigenvalue weighted by atomic mass is 10.4. The van der Waals surface area contributed by atoms with Crippen molar-refractivity contribution in [2.24, 2.45) is 0 Å². The van der Waals surface area contributed by atoms with Gasteiger partial charge < -0.3 is 20.4 Å². The number of nitrogens with one attached hydrogen (secondary N) is 1. The molecule has 0 aliphatic carbocycles. The number of nitrogens with two attached hydrogens (primary N) is 1. The number of anilines is 2. The van der Waals surface area contributed by atoms with Crippen LogP contribution in [0.2, 0.25) is 0 Å². The number of hydrogen-bond acceptors (Lipinski definition) is 5. The maximum atomic E-state index is 5.65. The van der Waals surface area contributed by atoms with Gasteiger partial charge >= 0.3 is 0 Å². The van der Waals surface area contributed by atoms with E-state index in [0.29, 0.717) is 10.6 Å². The molecule has 76 valence electrons. The van der Waals surface area contributed by atoms with Crippen LogP contribution in [0.1, 0.15) is 0 Å². The zero-order valence-corrected chi connectivity index (χ0v) is 8.51. The van der Waals surface area contributed by atoms with Crippen LogP contribution in [0, 0.1) is 4.77 Å². The second-order valence-corrected chi connectivity index (χ2v) is 3.49. The highest BCUT2D eigenvalue weighted by Crippen LogP contribution is 2.13. The number of ether oxygens (including phenoxy) is 1. The van der Waals surface area contributed by atoms with Crippen LogP contribution in [0.15, 0.2) is 6.07 Å². The predicted octanol–water partition coefficient (Wildman–Crippen LogP) is 0.558. The Bertz CT molecular complexity index is 372. The minimum Gasteiger partial charge on any atom is -0.385 e. The highest BCUT2D eigenvalue weighted by Gasteiger charge is 2.12. The number of nitrogens with zero attached hydrogens (tertiary/aromatic N) is 2. The number of hydrogen-bond donors (Lipinski definition) is 2. The molecule has 0 spiro atoms. The van der Waals surface area contributed by atoms with Crippen LogP contribution in [-0.4, -0.2) is 36.3 Å². The van der Waals surface area contributed by atoms with E-state index in [4.69, 9.17) is 22.7 Å². The zero-order chi connectivity index (χ0) is 9.97. The first-order valence-electron chi connectivity index (χ1n) is 4.45. The molecule has 1 saturated heterocycles. The third-order valence-electron chi connectivity index (χ3n) is 2.09. The van der Waals surface area contributed by atoms with Crippen LogP contribution in [0.5, 0.6) is 0 Å². The van der Waals surface area contributed by atoms with Gasteiger partial charge in [0.2, 0.25) is 0 Å². The van der Waals surface area contributed by atoms with Gasteiger partial charge in [-0.15, -0.1) is 0 Å². The molecule has 0 amide bonds. The van der Waals surface area contributed by atoms with Crippen molar-refractivity contribution < 1.29 is 4.74 Å². The van der Waals surface area contributed by atoms with E-state index in [0.717, 1.165) is 32.1 Å². The monoisotopic (exact) mass is 212 g/mol. The van der Waals surface area contributed by atoms with Crippen LogP contribution in [0.25, 0.3) is 0 Å². The smallest absolute Gasteiger partial charge is 0.200 e. The summed E-state index contributed by atoms with van der Waals surface area (Å²) in [7, 11) is 0. The van der Waals surface area contributed by atoms with Crippen molar-refractivity contribution in [3.63, 3.8) is 0 Å². The molecular weight excluding hydrogens is 200 g/mol. The van der Waals surface area contributed by atoms with Gasteiger partial charge in [0.05, 0.1) is 13.2 Å². The van der Waals surface area contributed by atoms with Crippen LogP contribution in [0.4, 0.5) is 11.6 Å². The van der Waals surface area contributed by atoms with Gasteiger partial charge in [0.1, 0.15) is 11.6 Å². The van der Waals surface area contributed by atoms with Gasteiger partial charge in [0.15, 0.2) is 4.77 Å². The summed E-state index contributed by atoms with van der Waals surface area (Å²) in [6.07, 6.45) is 0. The molecule has 0 aromatic carbocycles. The van der Waals surface area contributed by atoms with Crippen molar-refractivity contribution in [1.82, 2.24) is 9.97 Å². The van der Waals surface area contributed by atoms with Crippen LogP contribution >= 0.6 is 12.2 Å². The van der Waals surface area contributed by atoms with E-state index in [1.807, 2.05) is 0 Å². The fraction of sp³-hybridized carbons (Fsp3) is 0.500. The third-order valence-corrected chi connectivity index (χ3v) is 2.28. The van der Waals surface area contributed by atoms with E-state index in [9.17, 15) is 0 Å². The number of aromatic amines is 1. The highest BCUT2D eigenvalue weighted by molar-refractivity contribution is 7.71. The van der Waals surface area contributed by atoms with Crippen LogP contribution in [-0.2, 0) is 4.74 Å². The van der Waals surface area contributed by atoms with Crippen molar-refractivity contribution in [1.29, 1.82) is 0 Å². The third kappa shape index (κ3) is 2.02. The molecule has 1 aromatic heterocycles. The minimum absolute atomic E-state index is 0.423. The summed E-state index contributed by atoms with van der Waals surface area (Å²) < 4.78 is 5.67. The number of rotatable bonds is 1.